The summed E-state index contributed by atoms with van der Waals surface area (Å²) in [5, 5.41) is 2.96. The first kappa shape index (κ1) is 21.8. The Morgan fingerprint density at radius 2 is 1.86 bits per heavy atom. The van der Waals surface area contributed by atoms with Crippen molar-refractivity contribution in [2.45, 2.75) is 11.3 Å². The summed E-state index contributed by atoms with van der Waals surface area (Å²) in [4.78, 5) is 3.96. The highest BCUT2D eigenvalue weighted by atomic mass is 35.5. The Bertz CT molecular complexity index is 935. The Morgan fingerprint density at radius 3 is 2.46 bits per heavy atom. The summed E-state index contributed by atoms with van der Waals surface area (Å²) < 4.78 is 66.6. The summed E-state index contributed by atoms with van der Waals surface area (Å²) in [7, 11) is -3.73. The van der Waals surface area contributed by atoms with Gasteiger partial charge in [0.05, 0.1) is 11.4 Å². The first-order valence-corrected chi connectivity index (χ1v) is 9.59. The molecule has 0 fully saturated rings. The molecule has 0 aliphatic rings. The molecule has 0 atom stereocenters. The SMILES string of the molecule is NC(=NCCNS(=O)(=O)c1cccc(Cl)c1)Nc1ccc(OC(F)(F)F)cc1. The second kappa shape index (κ2) is 9.13. The average molecular weight is 437 g/mol. The second-order valence-electron chi connectivity index (χ2n) is 5.32. The van der Waals surface area contributed by atoms with Crippen LogP contribution in [-0.4, -0.2) is 33.8 Å². The van der Waals surface area contributed by atoms with Gasteiger partial charge < -0.3 is 15.8 Å². The van der Waals surface area contributed by atoms with Crippen molar-refractivity contribution in [1.29, 1.82) is 0 Å². The molecule has 2 aromatic carbocycles. The molecule has 0 saturated carbocycles. The highest BCUT2D eigenvalue weighted by Crippen LogP contribution is 2.23. The fourth-order valence-corrected chi connectivity index (χ4v) is 3.32. The van der Waals surface area contributed by atoms with Gasteiger partial charge in [-0.15, -0.1) is 13.2 Å². The number of aliphatic imine (C=N–C) groups is 1. The van der Waals surface area contributed by atoms with Crippen LogP contribution in [-0.2, 0) is 10.0 Å². The van der Waals surface area contributed by atoms with Gasteiger partial charge in [0.15, 0.2) is 5.96 Å². The summed E-state index contributed by atoms with van der Waals surface area (Å²) >= 11 is 5.77. The van der Waals surface area contributed by atoms with E-state index in [1.807, 2.05) is 0 Å². The summed E-state index contributed by atoms with van der Waals surface area (Å²) in [5.74, 6) is -0.407. The second-order valence-corrected chi connectivity index (χ2v) is 7.52. The van der Waals surface area contributed by atoms with Crippen molar-refractivity contribution in [1.82, 2.24) is 4.72 Å². The van der Waals surface area contributed by atoms with Gasteiger partial charge in [-0.25, -0.2) is 13.1 Å². The van der Waals surface area contributed by atoms with Crippen molar-refractivity contribution < 1.29 is 26.3 Å². The van der Waals surface area contributed by atoms with Gasteiger partial charge in [-0.3, -0.25) is 4.99 Å². The van der Waals surface area contributed by atoms with Crippen molar-refractivity contribution >= 4 is 33.3 Å². The smallest absolute Gasteiger partial charge is 0.406 e. The molecule has 0 unspecified atom stereocenters. The minimum Gasteiger partial charge on any atom is -0.406 e. The van der Waals surface area contributed by atoms with E-state index in [4.69, 9.17) is 17.3 Å². The Hall–Kier alpha value is -2.50. The number of halogens is 4. The standard InChI is InChI=1S/C16H16ClF3N4O3S/c17-11-2-1-3-14(10-11)28(25,26)23-9-8-22-15(21)24-12-4-6-13(7-5-12)27-16(18,19)20/h1-7,10,23H,8-9H2,(H3,21,22,24). The number of nitrogens with two attached hydrogens (primary N) is 1. The highest BCUT2D eigenvalue weighted by molar-refractivity contribution is 7.89. The number of alkyl halides is 3. The van der Waals surface area contributed by atoms with Gasteiger partial charge in [0.1, 0.15) is 5.75 Å². The van der Waals surface area contributed by atoms with Gasteiger partial charge in [0.2, 0.25) is 10.0 Å². The molecule has 0 aliphatic carbocycles. The third kappa shape index (κ3) is 7.25. The summed E-state index contributed by atoms with van der Waals surface area (Å²) in [6.07, 6.45) is -4.77. The van der Waals surface area contributed by atoms with E-state index in [-0.39, 0.29) is 29.7 Å². The number of benzene rings is 2. The van der Waals surface area contributed by atoms with E-state index in [0.717, 1.165) is 12.1 Å². The van der Waals surface area contributed by atoms with Gasteiger partial charge in [-0.05, 0) is 42.5 Å². The molecule has 7 nitrogen and oxygen atoms in total. The van der Waals surface area contributed by atoms with Crippen molar-refractivity contribution in [3.05, 3.63) is 53.6 Å². The van der Waals surface area contributed by atoms with Crippen LogP contribution >= 0.6 is 11.6 Å². The van der Waals surface area contributed by atoms with Crippen molar-refractivity contribution in [2.24, 2.45) is 10.7 Å². The molecule has 0 aliphatic heterocycles. The summed E-state index contributed by atoms with van der Waals surface area (Å²) in [6, 6.07) is 10.7. The molecular weight excluding hydrogens is 421 g/mol. The van der Waals surface area contributed by atoms with E-state index in [1.165, 1.54) is 30.3 Å². The number of nitrogens with one attached hydrogen (secondary N) is 2. The number of anilines is 1. The monoisotopic (exact) mass is 436 g/mol. The largest absolute Gasteiger partial charge is 0.573 e. The molecule has 28 heavy (non-hydrogen) atoms. The fraction of sp³-hybridized carbons (Fsp3) is 0.188. The van der Waals surface area contributed by atoms with Gasteiger partial charge in [-0.2, -0.15) is 0 Å². The van der Waals surface area contributed by atoms with Crippen LogP contribution in [0.2, 0.25) is 5.02 Å². The maximum absolute atomic E-state index is 12.1. The van der Waals surface area contributed by atoms with E-state index in [1.54, 1.807) is 6.07 Å². The number of rotatable bonds is 7. The first-order chi connectivity index (χ1) is 13.0. The summed E-state index contributed by atoms with van der Waals surface area (Å²) in [6.45, 7) is 0.0173. The Kier molecular flexibility index (Phi) is 7.11. The molecule has 0 amide bonds. The first-order valence-electron chi connectivity index (χ1n) is 7.73. The molecule has 0 saturated heterocycles. The lowest BCUT2D eigenvalue weighted by Crippen LogP contribution is -2.28. The average Bonchev–Trinajstić information content (AvgIpc) is 2.59. The lowest BCUT2D eigenvalue weighted by Gasteiger charge is -2.10. The number of nitrogens with zero attached hydrogens (tertiary/aromatic N) is 1. The van der Waals surface area contributed by atoms with Crippen molar-refractivity contribution in [2.75, 3.05) is 18.4 Å². The normalized spacial score (nSPS) is 12.6. The third-order valence-corrected chi connectivity index (χ3v) is 4.85. The van der Waals surface area contributed by atoms with E-state index in [9.17, 15) is 21.6 Å². The van der Waals surface area contributed by atoms with Crippen LogP contribution in [0.5, 0.6) is 5.75 Å². The van der Waals surface area contributed by atoms with Crippen LogP contribution in [0, 0.1) is 0 Å². The molecule has 0 spiro atoms. The lowest BCUT2D eigenvalue weighted by molar-refractivity contribution is -0.274. The number of hydrogen-bond donors (Lipinski definition) is 3. The predicted octanol–water partition coefficient (Wildman–Crippen LogP) is 2.94. The molecular formula is C16H16ClF3N4O3S. The Morgan fingerprint density at radius 1 is 1.18 bits per heavy atom. The Balaban J connectivity index is 1.84. The van der Waals surface area contributed by atoms with Gasteiger partial charge in [-0.1, -0.05) is 17.7 Å². The zero-order valence-corrected chi connectivity index (χ0v) is 15.8. The lowest BCUT2D eigenvalue weighted by atomic mass is 10.3. The minimum absolute atomic E-state index is 0.0183. The van der Waals surface area contributed by atoms with Gasteiger partial charge in [0.25, 0.3) is 0 Å². The van der Waals surface area contributed by atoms with Crippen LogP contribution in [0.25, 0.3) is 0 Å². The molecule has 2 aromatic rings. The van der Waals surface area contributed by atoms with Crippen molar-refractivity contribution in [3.8, 4) is 5.75 Å². The van der Waals surface area contributed by atoms with E-state index in [2.05, 4.69) is 19.8 Å². The Labute approximate surface area is 164 Å². The number of ether oxygens (including phenoxy) is 1. The number of hydrogen-bond acceptors (Lipinski definition) is 4. The zero-order valence-electron chi connectivity index (χ0n) is 14.2. The van der Waals surface area contributed by atoms with E-state index in [0.29, 0.717) is 10.7 Å². The van der Waals surface area contributed by atoms with E-state index >= 15 is 0 Å². The molecule has 2 rings (SSSR count). The molecule has 0 aromatic heterocycles. The maximum Gasteiger partial charge on any atom is 0.573 e. The molecule has 12 heteroatoms. The highest BCUT2D eigenvalue weighted by Gasteiger charge is 2.30. The molecule has 4 N–H and O–H groups in total. The molecule has 0 heterocycles. The van der Waals surface area contributed by atoms with E-state index < -0.39 is 16.4 Å². The maximum atomic E-state index is 12.1. The zero-order chi connectivity index (χ0) is 20.8. The van der Waals surface area contributed by atoms with Crippen LogP contribution in [0.4, 0.5) is 18.9 Å². The van der Waals surface area contributed by atoms with Crippen molar-refractivity contribution in [3.63, 3.8) is 0 Å². The summed E-state index contributed by atoms with van der Waals surface area (Å²) in [5.41, 5.74) is 6.04. The quantitative estimate of drug-likeness (QED) is 0.351. The molecule has 0 radical (unpaired) electrons. The van der Waals surface area contributed by atoms with Gasteiger partial charge >= 0.3 is 6.36 Å². The van der Waals surface area contributed by atoms with Crippen LogP contribution in [0.15, 0.2) is 58.4 Å². The molecule has 152 valence electrons. The predicted molar refractivity (Wildman–Crippen MR) is 99.9 cm³/mol. The van der Waals surface area contributed by atoms with Crippen LogP contribution in [0.1, 0.15) is 0 Å². The van der Waals surface area contributed by atoms with Gasteiger partial charge in [0, 0.05) is 17.3 Å². The number of sulfonamides is 1. The number of guanidine groups is 1. The van der Waals surface area contributed by atoms with Crippen LogP contribution in [0.3, 0.4) is 0 Å². The fourth-order valence-electron chi connectivity index (χ4n) is 2.00. The molecule has 0 bridgehead atoms. The topological polar surface area (TPSA) is 106 Å². The minimum atomic E-state index is -4.77. The van der Waals surface area contributed by atoms with Crippen LogP contribution < -0.4 is 20.5 Å². The third-order valence-electron chi connectivity index (χ3n) is 3.15.